The van der Waals surface area contributed by atoms with Crippen LogP contribution in [0.15, 0.2) is 71.9 Å². The molecule has 5 rings (SSSR count). The first-order chi connectivity index (χ1) is 13.2. The maximum atomic E-state index is 13.3. The van der Waals surface area contributed by atoms with E-state index in [1.54, 1.807) is 0 Å². The molecule has 5 nitrogen and oxygen atoms in total. The molecule has 134 valence electrons. The number of anilines is 1. The summed E-state index contributed by atoms with van der Waals surface area (Å²) in [5.74, 6) is 1.79. The molecule has 0 bridgehead atoms. The highest BCUT2D eigenvalue weighted by Crippen LogP contribution is 2.43. The van der Waals surface area contributed by atoms with E-state index in [0.717, 1.165) is 23.3 Å². The number of nitrogens with zero attached hydrogens (tertiary/aromatic N) is 3. The van der Waals surface area contributed by atoms with E-state index >= 15 is 0 Å². The van der Waals surface area contributed by atoms with Gasteiger partial charge in [0.25, 0.3) is 0 Å². The van der Waals surface area contributed by atoms with Gasteiger partial charge in [0.1, 0.15) is 11.9 Å². The minimum absolute atomic E-state index is 0.185. The number of hydrogen-bond donors (Lipinski definition) is 1. The lowest BCUT2D eigenvalue weighted by molar-refractivity contribution is -0.116. The molecular weight excluding hydrogens is 336 g/mol. The molecule has 3 aromatic rings. The van der Waals surface area contributed by atoms with Crippen molar-refractivity contribution in [2.75, 3.05) is 5.32 Å². The Hall–Kier alpha value is -3.21. The second-order valence-corrected chi connectivity index (χ2v) is 7.20. The van der Waals surface area contributed by atoms with Crippen LogP contribution in [0.4, 0.5) is 5.95 Å². The summed E-state index contributed by atoms with van der Waals surface area (Å²) < 4.78 is 1.85. The van der Waals surface area contributed by atoms with Crippen LogP contribution in [-0.4, -0.2) is 20.5 Å². The van der Waals surface area contributed by atoms with Crippen LogP contribution in [0.2, 0.25) is 0 Å². The third kappa shape index (κ3) is 2.67. The molecule has 2 atom stereocenters. The zero-order valence-corrected chi connectivity index (χ0v) is 15.1. The van der Waals surface area contributed by atoms with Crippen LogP contribution in [0.3, 0.4) is 0 Å². The summed E-state index contributed by atoms with van der Waals surface area (Å²) in [4.78, 5) is 17.8. The van der Waals surface area contributed by atoms with Crippen LogP contribution in [0.1, 0.15) is 41.8 Å². The van der Waals surface area contributed by atoms with Crippen LogP contribution in [0, 0.1) is 6.92 Å². The quantitative estimate of drug-likeness (QED) is 0.754. The van der Waals surface area contributed by atoms with Gasteiger partial charge >= 0.3 is 0 Å². The number of rotatable bonds is 2. The largest absolute Gasteiger partial charge is 0.328 e. The fraction of sp³-hybridized carbons (Fsp3) is 0.227. The van der Waals surface area contributed by atoms with Crippen molar-refractivity contribution in [3.8, 4) is 0 Å². The van der Waals surface area contributed by atoms with E-state index in [-0.39, 0.29) is 17.7 Å². The third-order valence-electron chi connectivity index (χ3n) is 5.41. The Labute approximate surface area is 157 Å². The minimum atomic E-state index is -0.220. The molecule has 2 unspecified atom stereocenters. The highest BCUT2D eigenvalue weighted by molar-refractivity contribution is 6.00. The Bertz CT molecular complexity index is 1040. The first-order valence-corrected chi connectivity index (χ1v) is 9.27. The minimum Gasteiger partial charge on any atom is -0.328 e. The molecule has 2 aromatic carbocycles. The van der Waals surface area contributed by atoms with Gasteiger partial charge in [-0.15, -0.1) is 0 Å². The van der Waals surface area contributed by atoms with Crippen molar-refractivity contribution in [2.24, 2.45) is 0 Å². The average Bonchev–Trinajstić information content (AvgIpc) is 3.07. The maximum absolute atomic E-state index is 13.3. The van der Waals surface area contributed by atoms with Gasteiger partial charge in [-0.2, -0.15) is 10.1 Å². The van der Waals surface area contributed by atoms with E-state index in [0.29, 0.717) is 18.2 Å². The summed E-state index contributed by atoms with van der Waals surface area (Å²) in [6, 6.07) is 20.2. The predicted octanol–water partition coefficient (Wildman–Crippen LogP) is 4.00. The predicted molar refractivity (Wildman–Crippen MR) is 103 cm³/mol. The Balaban J connectivity index is 1.62. The molecule has 2 aliphatic rings. The van der Waals surface area contributed by atoms with Gasteiger partial charge in [0.15, 0.2) is 5.78 Å². The monoisotopic (exact) mass is 356 g/mol. The van der Waals surface area contributed by atoms with E-state index in [9.17, 15) is 4.79 Å². The number of aryl methyl sites for hydroxylation is 1. The van der Waals surface area contributed by atoms with Gasteiger partial charge in [-0.25, -0.2) is 4.68 Å². The molecule has 0 spiro atoms. The van der Waals surface area contributed by atoms with Gasteiger partial charge in [-0.3, -0.25) is 4.79 Å². The standard InChI is InChI=1S/C22H20N4O/c1-14-23-22-24-18-12-17(15-8-4-2-5-9-15)13-19(27)20(18)21(26(22)25-14)16-10-6-3-7-11-16/h2-11,17,21H,12-13H2,1H3,(H,23,24,25). The summed E-state index contributed by atoms with van der Waals surface area (Å²) in [5, 5.41) is 7.97. The third-order valence-corrected chi connectivity index (χ3v) is 5.41. The number of hydrogen-bond acceptors (Lipinski definition) is 4. The van der Waals surface area contributed by atoms with E-state index in [2.05, 4.69) is 39.7 Å². The fourth-order valence-corrected chi connectivity index (χ4v) is 4.22. The first kappa shape index (κ1) is 16.0. The highest BCUT2D eigenvalue weighted by atomic mass is 16.1. The second-order valence-electron chi connectivity index (χ2n) is 7.20. The summed E-state index contributed by atoms with van der Waals surface area (Å²) in [7, 11) is 0. The molecule has 27 heavy (non-hydrogen) atoms. The van der Waals surface area contributed by atoms with Crippen LogP contribution in [0.5, 0.6) is 0 Å². The molecule has 1 aromatic heterocycles. The molecule has 1 aliphatic heterocycles. The molecule has 0 radical (unpaired) electrons. The fourth-order valence-electron chi connectivity index (χ4n) is 4.22. The molecule has 2 heterocycles. The van der Waals surface area contributed by atoms with E-state index in [1.165, 1.54) is 5.56 Å². The van der Waals surface area contributed by atoms with E-state index < -0.39 is 0 Å². The molecule has 0 amide bonds. The SMILES string of the molecule is Cc1nc2n(n1)C(c1ccccc1)C1=C(CC(c3ccccc3)CC1=O)N2. The first-order valence-electron chi connectivity index (χ1n) is 9.27. The van der Waals surface area contributed by atoms with Crippen molar-refractivity contribution >= 4 is 11.7 Å². The smallest absolute Gasteiger partial charge is 0.226 e. The van der Waals surface area contributed by atoms with E-state index in [4.69, 9.17) is 0 Å². The Morgan fingerprint density at radius 1 is 0.963 bits per heavy atom. The van der Waals surface area contributed by atoms with Gasteiger partial charge in [0.2, 0.25) is 5.95 Å². The lowest BCUT2D eigenvalue weighted by Gasteiger charge is -2.35. The van der Waals surface area contributed by atoms with Crippen molar-refractivity contribution in [3.05, 3.63) is 88.9 Å². The average molecular weight is 356 g/mol. The van der Waals surface area contributed by atoms with Gasteiger partial charge in [-0.05, 0) is 30.4 Å². The van der Waals surface area contributed by atoms with Crippen molar-refractivity contribution in [1.29, 1.82) is 0 Å². The van der Waals surface area contributed by atoms with Gasteiger partial charge in [0, 0.05) is 17.7 Å². The van der Waals surface area contributed by atoms with Crippen LogP contribution < -0.4 is 5.32 Å². The lowest BCUT2D eigenvalue weighted by atomic mass is 9.78. The van der Waals surface area contributed by atoms with Gasteiger partial charge in [0.05, 0.1) is 0 Å². The Morgan fingerprint density at radius 3 is 2.33 bits per heavy atom. The van der Waals surface area contributed by atoms with Crippen LogP contribution in [0.25, 0.3) is 0 Å². The maximum Gasteiger partial charge on any atom is 0.226 e. The zero-order chi connectivity index (χ0) is 18.4. The summed E-state index contributed by atoms with van der Waals surface area (Å²) in [6.07, 6.45) is 1.33. The molecule has 1 aliphatic carbocycles. The number of aromatic nitrogens is 3. The second kappa shape index (κ2) is 6.20. The van der Waals surface area contributed by atoms with Gasteiger partial charge in [-0.1, -0.05) is 60.7 Å². The highest BCUT2D eigenvalue weighted by Gasteiger charge is 2.39. The number of benzene rings is 2. The number of carbonyl (C=O) groups is 1. The van der Waals surface area contributed by atoms with Gasteiger partial charge < -0.3 is 5.32 Å². The number of carbonyl (C=O) groups excluding carboxylic acids is 1. The summed E-state index contributed by atoms with van der Waals surface area (Å²) in [5.41, 5.74) is 4.07. The topological polar surface area (TPSA) is 59.8 Å². The molecule has 0 saturated heterocycles. The van der Waals surface area contributed by atoms with Crippen molar-refractivity contribution in [2.45, 2.75) is 31.7 Å². The van der Waals surface area contributed by atoms with Crippen molar-refractivity contribution in [1.82, 2.24) is 14.8 Å². The number of allylic oxidation sites excluding steroid dienone is 2. The number of nitrogens with one attached hydrogen (secondary N) is 1. The molecule has 1 N–H and O–H groups in total. The van der Waals surface area contributed by atoms with Crippen LogP contribution >= 0.6 is 0 Å². The number of Topliss-reactive ketones (excluding diaryl/α,β-unsaturated/α-hetero) is 1. The summed E-state index contributed by atoms with van der Waals surface area (Å²) >= 11 is 0. The summed E-state index contributed by atoms with van der Waals surface area (Å²) in [6.45, 7) is 1.88. The molecule has 0 saturated carbocycles. The number of fused-ring (bicyclic) bond motifs is 1. The Kier molecular flexibility index (Phi) is 3.67. The molecule has 0 fully saturated rings. The number of ketones is 1. The zero-order valence-electron chi connectivity index (χ0n) is 15.1. The molecule has 5 heteroatoms. The van der Waals surface area contributed by atoms with E-state index in [1.807, 2.05) is 48.0 Å². The Morgan fingerprint density at radius 2 is 1.63 bits per heavy atom. The van der Waals surface area contributed by atoms with Crippen LogP contribution in [-0.2, 0) is 4.79 Å². The van der Waals surface area contributed by atoms with Crippen molar-refractivity contribution < 1.29 is 4.79 Å². The molecular formula is C22H20N4O. The lowest BCUT2D eigenvalue weighted by Crippen LogP contribution is -2.33. The van der Waals surface area contributed by atoms with Crippen molar-refractivity contribution in [3.63, 3.8) is 0 Å². The normalized spacial score (nSPS) is 21.4.